The van der Waals surface area contributed by atoms with Crippen molar-refractivity contribution < 1.29 is 0 Å². The van der Waals surface area contributed by atoms with E-state index in [4.69, 9.17) is 4.98 Å². The van der Waals surface area contributed by atoms with Gasteiger partial charge in [0, 0.05) is 18.5 Å². The monoisotopic (exact) mass is 380 g/mol. The van der Waals surface area contributed by atoms with E-state index in [1.807, 2.05) is 0 Å². The standard InChI is InChI=1S/C27H28N2/c1-20-26(23-12-6-3-7-13-23)28-25-15-9-8-14-24(25)27(20)29-18-16-22(17-19-29)21-10-4-2-5-11-21/h2,4-5,8-12,14-16H,3,6-7,13,17-19H2,1H3. The third-order valence-electron chi connectivity index (χ3n) is 6.37. The summed E-state index contributed by atoms with van der Waals surface area (Å²) in [5.74, 6) is 0. The Bertz CT molecular complexity index is 1090. The number of benzene rings is 2. The van der Waals surface area contributed by atoms with Crippen molar-refractivity contribution in [3.05, 3.63) is 83.6 Å². The van der Waals surface area contributed by atoms with Gasteiger partial charge in [-0.1, -0.05) is 60.7 Å². The van der Waals surface area contributed by atoms with Crippen molar-refractivity contribution in [3.8, 4) is 0 Å². The second-order valence-electron chi connectivity index (χ2n) is 8.22. The Morgan fingerprint density at radius 2 is 1.66 bits per heavy atom. The van der Waals surface area contributed by atoms with Gasteiger partial charge in [-0.25, -0.2) is 4.98 Å². The van der Waals surface area contributed by atoms with E-state index in [2.05, 4.69) is 78.6 Å². The summed E-state index contributed by atoms with van der Waals surface area (Å²) in [6.07, 6.45) is 10.8. The molecule has 2 nitrogen and oxygen atoms in total. The highest BCUT2D eigenvalue weighted by molar-refractivity contribution is 5.96. The number of nitrogens with zero attached hydrogens (tertiary/aromatic N) is 2. The van der Waals surface area contributed by atoms with Gasteiger partial charge in [-0.3, -0.25) is 0 Å². The molecule has 2 aliphatic rings. The minimum Gasteiger partial charge on any atom is -0.367 e. The fourth-order valence-corrected chi connectivity index (χ4v) is 4.85. The van der Waals surface area contributed by atoms with E-state index in [0.29, 0.717) is 0 Å². The van der Waals surface area contributed by atoms with E-state index in [-0.39, 0.29) is 0 Å². The van der Waals surface area contributed by atoms with Gasteiger partial charge in [0.1, 0.15) is 0 Å². The maximum atomic E-state index is 5.11. The van der Waals surface area contributed by atoms with Crippen LogP contribution in [-0.4, -0.2) is 18.1 Å². The second kappa shape index (κ2) is 7.87. The van der Waals surface area contributed by atoms with Crippen molar-refractivity contribution in [1.82, 2.24) is 4.98 Å². The van der Waals surface area contributed by atoms with Crippen LogP contribution in [0.2, 0.25) is 0 Å². The van der Waals surface area contributed by atoms with Gasteiger partial charge >= 0.3 is 0 Å². The smallest absolute Gasteiger partial charge is 0.0730 e. The molecular formula is C27H28N2. The molecule has 1 aromatic heterocycles. The number of para-hydroxylation sites is 1. The lowest BCUT2D eigenvalue weighted by molar-refractivity contribution is 0.739. The van der Waals surface area contributed by atoms with Gasteiger partial charge in [0.2, 0.25) is 0 Å². The Kier molecular flexibility index (Phi) is 4.93. The molecule has 0 atom stereocenters. The number of hydrogen-bond acceptors (Lipinski definition) is 2. The summed E-state index contributed by atoms with van der Waals surface area (Å²) < 4.78 is 0. The van der Waals surface area contributed by atoms with Crippen molar-refractivity contribution in [2.45, 2.75) is 39.0 Å². The highest BCUT2D eigenvalue weighted by Crippen LogP contribution is 2.38. The van der Waals surface area contributed by atoms with Gasteiger partial charge in [-0.2, -0.15) is 0 Å². The van der Waals surface area contributed by atoms with Crippen LogP contribution in [0.25, 0.3) is 22.0 Å². The van der Waals surface area contributed by atoms with Gasteiger partial charge in [0.15, 0.2) is 0 Å². The van der Waals surface area contributed by atoms with Crippen LogP contribution < -0.4 is 4.90 Å². The minimum atomic E-state index is 0.956. The molecule has 3 aromatic rings. The zero-order valence-corrected chi connectivity index (χ0v) is 17.2. The Morgan fingerprint density at radius 1 is 0.828 bits per heavy atom. The van der Waals surface area contributed by atoms with Crippen LogP contribution in [0.15, 0.2) is 66.7 Å². The Hall–Kier alpha value is -2.87. The van der Waals surface area contributed by atoms with E-state index in [1.54, 1.807) is 0 Å². The Morgan fingerprint density at radius 3 is 2.41 bits per heavy atom. The summed E-state index contributed by atoms with van der Waals surface area (Å²) >= 11 is 0. The molecular weight excluding hydrogens is 352 g/mol. The van der Waals surface area contributed by atoms with Crippen LogP contribution in [-0.2, 0) is 0 Å². The average Bonchev–Trinajstić information content (AvgIpc) is 2.80. The van der Waals surface area contributed by atoms with Crippen molar-refractivity contribution in [2.75, 3.05) is 18.0 Å². The van der Waals surface area contributed by atoms with Crippen LogP contribution in [0.1, 0.15) is 48.9 Å². The first-order valence-corrected chi connectivity index (χ1v) is 10.9. The molecule has 0 fully saturated rings. The average molecular weight is 381 g/mol. The first-order chi connectivity index (χ1) is 14.3. The molecule has 0 unspecified atom stereocenters. The number of anilines is 1. The highest BCUT2D eigenvalue weighted by Gasteiger charge is 2.21. The number of pyridine rings is 1. The third kappa shape index (κ3) is 3.48. The number of allylic oxidation sites excluding steroid dienone is 2. The maximum absolute atomic E-state index is 5.11. The van der Waals surface area contributed by atoms with Gasteiger partial charge < -0.3 is 4.90 Å². The maximum Gasteiger partial charge on any atom is 0.0730 e. The van der Waals surface area contributed by atoms with E-state index in [1.165, 1.54) is 58.3 Å². The molecule has 1 aliphatic heterocycles. The summed E-state index contributed by atoms with van der Waals surface area (Å²) in [6.45, 7) is 4.28. The summed E-state index contributed by atoms with van der Waals surface area (Å²) in [7, 11) is 0. The lowest BCUT2D eigenvalue weighted by Gasteiger charge is -2.32. The lowest BCUT2D eigenvalue weighted by Crippen LogP contribution is -2.29. The predicted molar refractivity (Wildman–Crippen MR) is 124 cm³/mol. The van der Waals surface area contributed by atoms with Crippen molar-refractivity contribution >= 4 is 27.7 Å². The molecule has 29 heavy (non-hydrogen) atoms. The molecule has 0 amide bonds. The molecule has 2 heterocycles. The predicted octanol–water partition coefficient (Wildman–Crippen LogP) is 6.79. The quantitative estimate of drug-likeness (QED) is 0.497. The topological polar surface area (TPSA) is 16.1 Å². The van der Waals surface area contributed by atoms with E-state index in [0.717, 1.165) is 31.4 Å². The van der Waals surface area contributed by atoms with Crippen LogP contribution in [0.5, 0.6) is 0 Å². The molecule has 0 radical (unpaired) electrons. The molecule has 0 bridgehead atoms. The van der Waals surface area contributed by atoms with Gasteiger partial charge in [-0.15, -0.1) is 0 Å². The molecule has 1 aliphatic carbocycles. The second-order valence-corrected chi connectivity index (χ2v) is 8.22. The molecule has 2 heteroatoms. The minimum absolute atomic E-state index is 0.956. The summed E-state index contributed by atoms with van der Waals surface area (Å²) in [5.41, 5.74) is 9.32. The third-order valence-corrected chi connectivity index (χ3v) is 6.37. The zero-order valence-electron chi connectivity index (χ0n) is 17.2. The van der Waals surface area contributed by atoms with Crippen molar-refractivity contribution in [2.24, 2.45) is 0 Å². The van der Waals surface area contributed by atoms with Gasteiger partial charge in [0.05, 0.1) is 16.9 Å². The first kappa shape index (κ1) is 18.2. The van der Waals surface area contributed by atoms with Crippen LogP contribution in [0.4, 0.5) is 5.69 Å². The van der Waals surface area contributed by atoms with Gasteiger partial charge in [0.25, 0.3) is 0 Å². The number of rotatable bonds is 3. The molecule has 0 saturated carbocycles. The Labute approximate surface area is 173 Å². The van der Waals surface area contributed by atoms with Crippen LogP contribution >= 0.6 is 0 Å². The van der Waals surface area contributed by atoms with Crippen molar-refractivity contribution in [1.29, 1.82) is 0 Å². The van der Waals surface area contributed by atoms with Crippen LogP contribution in [0, 0.1) is 6.92 Å². The molecule has 2 aromatic carbocycles. The largest absolute Gasteiger partial charge is 0.367 e. The highest BCUT2D eigenvalue weighted by atomic mass is 15.1. The number of aromatic nitrogens is 1. The molecule has 0 saturated heterocycles. The van der Waals surface area contributed by atoms with Crippen molar-refractivity contribution in [3.63, 3.8) is 0 Å². The molecule has 0 spiro atoms. The molecule has 5 rings (SSSR count). The zero-order chi connectivity index (χ0) is 19.6. The fraction of sp³-hybridized carbons (Fsp3) is 0.296. The SMILES string of the molecule is Cc1c(C2=CCCCC2)nc2ccccc2c1N1CC=C(c2ccccc2)CC1. The summed E-state index contributed by atoms with van der Waals surface area (Å²) in [4.78, 5) is 7.66. The van der Waals surface area contributed by atoms with E-state index in [9.17, 15) is 0 Å². The normalized spacial score (nSPS) is 17.2. The van der Waals surface area contributed by atoms with E-state index < -0.39 is 0 Å². The Balaban J connectivity index is 1.57. The number of fused-ring (bicyclic) bond motifs is 1. The molecule has 0 N–H and O–H groups in total. The number of hydrogen-bond donors (Lipinski definition) is 0. The first-order valence-electron chi connectivity index (χ1n) is 10.9. The van der Waals surface area contributed by atoms with E-state index >= 15 is 0 Å². The summed E-state index contributed by atoms with van der Waals surface area (Å²) in [5, 5.41) is 1.28. The fourth-order valence-electron chi connectivity index (χ4n) is 4.85. The lowest BCUT2D eigenvalue weighted by atomic mass is 9.92. The van der Waals surface area contributed by atoms with Crippen LogP contribution in [0.3, 0.4) is 0 Å². The van der Waals surface area contributed by atoms with Gasteiger partial charge in [-0.05, 0) is 67.4 Å². The molecule has 146 valence electrons. The summed E-state index contributed by atoms with van der Waals surface area (Å²) in [6, 6.07) is 19.5.